The highest BCUT2D eigenvalue weighted by molar-refractivity contribution is 5.67. The molecule has 0 radical (unpaired) electrons. The number of aliphatic hydroxyl groups is 1. The van der Waals surface area contributed by atoms with Gasteiger partial charge in [0.05, 0.1) is 25.4 Å². The molecule has 6 heteroatoms. The maximum Gasteiger partial charge on any atom is 0.407 e. The van der Waals surface area contributed by atoms with Gasteiger partial charge in [-0.2, -0.15) is 0 Å². The molecule has 0 aromatic carbocycles. The molecule has 1 rings (SSSR count). The Morgan fingerprint density at radius 2 is 2.05 bits per heavy atom. The minimum atomic E-state index is -0.668. The van der Waals surface area contributed by atoms with Gasteiger partial charge in [0.2, 0.25) is 0 Å². The normalized spacial score (nSPS) is 26.8. The molecular formula is C13H26N2O4. The summed E-state index contributed by atoms with van der Waals surface area (Å²) in [6.07, 6.45) is -0.495. The summed E-state index contributed by atoms with van der Waals surface area (Å²) in [7, 11) is 0. The molecule has 0 spiro atoms. The molecule has 0 bridgehead atoms. The molecular weight excluding hydrogens is 248 g/mol. The maximum absolute atomic E-state index is 11.6. The van der Waals surface area contributed by atoms with Crippen molar-refractivity contribution in [3.8, 4) is 0 Å². The quantitative estimate of drug-likeness (QED) is 0.704. The Hall–Kier alpha value is -0.850. The van der Waals surface area contributed by atoms with Crippen LogP contribution in [-0.4, -0.2) is 54.2 Å². The molecule has 0 saturated carbocycles. The molecule has 6 nitrogen and oxygen atoms in total. The molecule has 1 unspecified atom stereocenters. The first-order valence-corrected chi connectivity index (χ1v) is 6.52. The van der Waals surface area contributed by atoms with Gasteiger partial charge >= 0.3 is 6.09 Å². The molecule has 19 heavy (non-hydrogen) atoms. The molecule has 0 aromatic heterocycles. The summed E-state index contributed by atoms with van der Waals surface area (Å²) in [5.41, 5.74) is -1.44. The minimum Gasteiger partial charge on any atom is -0.444 e. The van der Waals surface area contributed by atoms with Gasteiger partial charge in [-0.1, -0.05) is 0 Å². The third kappa shape index (κ3) is 5.34. The van der Waals surface area contributed by atoms with Gasteiger partial charge in [0, 0.05) is 12.1 Å². The average Bonchev–Trinajstić information content (AvgIpc) is 2.23. The van der Waals surface area contributed by atoms with Crippen molar-refractivity contribution in [1.29, 1.82) is 0 Å². The number of alkyl carbamates (subject to hydrolysis) is 1. The van der Waals surface area contributed by atoms with Crippen LogP contribution in [0.15, 0.2) is 0 Å². The van der Waals surface area contributed by atoms with Crippen LogP contribution in [-0.2, 0) is 9.47 Å². The van der Waals surface area contributed by atoms with Crippen LogP contribution in [0.25, 0.3) is 0 Å². The van der Waals surface area contributed by atoms with Gasteiger partial charge < -0.3 is 19.9 Å². The van der Waals surface area contributed by atoms with E-state index in [1.165, 1.54) is 0 Å². The standard InChI is InChI=1S/C13H26N2O4/c1-11(2,3)19-10(17)14-6-13(7-16)9-18-8-12(4,5)15-13/h15-16H,6-9H2,1-5H3,(H,14,17). The predicted octanol–water partition coefficient (Wildman–Crippen LogP) is 0.641. The number of morpholine rings is 1. The summed E-state index contributed by atoms with van der Waals surface area (Å²) in [5, 5.41) is 15.6. The second-order valence-corrected chi connectivity index (χ2v) is 6.80. The van der Waals surface area contributed by atoms with E-state index < -0.39 is 17.2 Å². The molecule has 1 atom stereocenters. The first-order chi connectivity index (χ1) is 8.58. The third-order valence-corrected chi connectivity index (χ3v) is 2.72. The van der Waals surface area contributed by atoms with E-state index in [1.807, 2.05) is 13.8 Å². The van der Waals surface area contributed by atoms with Crippen LogP contribution in [0.1, 0.15) is 34.6 Å². The molecule has 1 amide bonds. The average molecular weight is 274 g/mol. The van der Waals surface area contributed by atoms with Gasteiger partial charge in [0.1, 0.15) is 5.60 Å². The summed E-state index contributed by atoms with van der Waals surface area (Å²) in [6.45, 7) is 10.4. The maximum atomic E-state index is 11.6. The highest BCUT2D eigenvalue weighted by Crippen LogP contribution is 2.18. The van der Waals surface area contributed by atoms with Crippen molar-refractivity contribution in [3.63, 3.8) is 0 Å². The van der Waals surface area contributed by atoms with Crippen molar-refractivity contribution in [1.82, 2.24) is 10.6 Å². The zero-order valence-electron chi connectivity index (χ0n) is 12.5. The lowest BCUT2D eigenvalue weighted by Gasteiger charge is -2.45. The molecule has 1 fully saturated rings. The number of hydrogen-bond acceptors (Lipinski definition) is 5. The Bertz CT molecular complexity index is 325. The molecule has 1 aliphatic rings. The number of nitrogens with one attached hydrogen (secondary N) is 2. The van der Waals surface area contributed by atoms with Gasteiger partial charge in [-0.15, -0.1) is 0 Å². The van der Waals surface area contributed by atoms with Gasteiger partial charge in [-0.3, -0.25) is 5.32 Å². The number of carbonyl (C=O) groups excluding carboxylic acids is 1. The Morgan fingerprint density at radius 1 is 1.42 bits per heavy atom. The van der Waals surface area contributed by atoms with E-state index in [9.17, 15) is 9.90 Å². The third-order valence-electron chi connectivity index (χ3n) is 2.72. The van der Waals surface area contributed by atoms with Crippen LogP contribution in [0, 0.1) is 0 Å². The lowest BCUT2D eigenvalue weighted by atomic mass is 9.93. The van der Waals surface area contributed by atoms with E-state index in [4.69, 9.17) is 9.47 Å². The topological polar surface area (TPSA) is 79.8 Å². The SMILES string of the molecule is CC1(C)COCC(CO)(CNC(=O)OC(C)(C)C)N1. The van der Waals surface area contributed by atoms with Gasteiger partial charge in [0.25, 0.3) is 0 Å². The molecule has 0 aliphatic carbocycles. The summed E-state index contributed by atoms with van der Waals surface area (Å²) in [5.74, 6) is 0. The van der Waals surface area contributed by atoms with Crippen LogP contribution >= 0.6 is 0 Å². The fourth-order valence-corrected chi connectivity index (χ4v) is 2.08. The summed E-state index contributed by atoms with van der Waals surface area (Å²) in [6, 6.07) is 0. The Morgan fingerprint density at radius 3 is 2.53 bits per heavy atom. The number of ether oxygens (including phenoxy) is 2. The van der Waals surface area contributed by atoms with Crippen LogP contribution < -0.4 is 10.6 Å². The monoisotopic (exact) mass is 274 g/mol. The second kappa shape index (κ2) is 5.64. The number of aliphatic hydroxyl groups excluding tert-OH is 1. The molecule has 1 saturated heterocycles. The van der Waals surface area contributed by atoms with Crippen molar-refractivity contribution in [2.45, 2.75) is 51.3 Å². The Labute approximate surface area is 114 Å². The highest BCUT2D eigenvalue weighted by atomic mass is 16.6. The molecule has 0 aromatic rings. The number of amides is 1. The second-order valence-electron chi connectivity index (χ2n) is 6.80. The fraction of sp³-hybridized carbons (Fsp3) is 0.923. The molecule has 3 N–H and O–H groups in total. The lowest BCUT2D eigenvalue weighted by Crippen LogP contribution is -2.69. The van der Waals surface area contributed by atoms with Gasteiger partial charge in [-0.05, 0) is 34.6 Å². The largest absolute Gasteiger partial charge is 0.444 e. The van der Waals surface area contributed by atoms with E-state index in [1.54, 1.807) is 20.8 Å². The van der Waals surface area contributed by atoms with Crippen molar-refractivity contribution in [2.24, 2.45) is 0 Å². The summed E-state index contributed by atoms with van der Waals surface area (Å²) in [4.78, 5) is 11.6. The number of carbonyl (C=O) groups is 1. The predicted molar refractivity (Wildman–Crippen MR) is 72.1 cm³/mol. The van der Waals surface area contributed by atoms with Crippen LogP contribution in [0.3, 0.4) is 0 Å². The first kappa shape index (κ1) is 16.2. The fourth-order valence-electron chi connectivity index (χ4n) is 2.08. The van der Waals surface area contributed by atoms with Crippen LogP contribution in [0.5, 0.6) is 0 Å². The summed E-state index contributed by atoms with van der Waals surface area (Å²) < 4.78 is 10.7. The van der Waals surface area contributed by atoms with E-state index in [0.717, 1.165) is 0 Å². The number of rotatable bonds is 3. The molecule has 1 heterocycles. The van der Waals surface area contributed by atoms with E-state index in [0.29, 0.717) is 13.2 Å². The first-order valence-electron chi connectivity index (χ1n) is 6.52. The van der Waals surface area contributed by atoms with Crippen molar-refractivity contribution in [2.75, 3.05) is 26.4 Å². The van der Waals surface area contributed by atoms with Crippen LogP contribution in [0.4, 0.5) is 4.79 Å². The smallest absolute Gasteiger partial charge is 0.407 e. The summed E-state index contributed by atoms with van der Waals surface area (Å²) >= 11 is 0. The lowest BCUT2D eigenvalue weighted by molar-refractivity contribution is -0.0510. The van der Waals surface area contributed by atoms with E-state index >= 15 is 0 Å². The highest BCUT2D eigenvalue weighted by Gasteiger charge is 2.40. The molecule has 112 valence electrons. The van der Waals surface area contributed by atoms with Gasteiger partial charge in [-0.25, -0.2) is 4.79 Å². The van der Waals surface area contributed by atoms with Crippen molar-refractivity contribution in [3.05, 3.63) is 0 Å². The zero-order valence-corrected chi connectivity index (χ0v) is 12.5. The Balaban J connectivity index is 2.55. The number of hydrogen-bond donors (Lipinski definition) is 3. The van der Waals surface area contributed by atoms with Gasteiger partial charge in [0.15, 0.2) is 0 Å². The van der Waals surface area contributed by atoms with E-state index in [-0.39, 0.29) is 18.7 Å². The zero-order chi connectivity index (χ0) is 14.7. The van der Waals surface area contributed by atoms with Crippen molar-refractivity contribution < 1.29 is 19.4 Å². The minimum absolute atomic E-state index is 0.119. The van der Waals surface area contributed by atoms with E-state index in [2.05, 4.69) is 10.6 Å². The Kier molecular flexibility index (Phi) is 4.81. The molecule has 1 aliphatic heterocycles. The van der Waals surface area contributed by atoms with Crippen molar-refractivity contribution >= 4 is 6.09 Å². The van der Waals surface area contributed by atoms with Crippen LogP contribution in [0.2, 0.25) is 0 Å².